The molecule has 2 atom stereocenters. The summed E-state index contributed by atoms with van der Waals surface area (Å²) >= 11 is 5.87. The van der Waals surface area contributed by atoms with Gasteiger partial charge in [0.25, 0.3) is 0 Å². The van der Waals surface area contributed by atoms with Crippen molar-refractivity contribution in [2.24, 2.45) is 11.3 Å². The summed E-state index contributed by atoms with van der Waals surface area (Å²) in [6.45, 7) is 1.81. The van der Waals surface area contributed by atoms with Crippen molar-refractivity contribution < 1.29 is 9.59 Å². The Bertz CT molecular complexity index is 843. The second kappa shape index (κ2) is 7.19. The lowest BCUT2D eigenvalue weighted by molar-refractivity contribution is -0.123. The van der Waals surface area contributed by atoms with Crippen LogP contribution in [0.25, 0.3) is 0 Å². The first kappa shape index (κ1) is 17.8. The lowest BCUT2D eigenvalue weighted by atomic mass is 10.0. The van der Waals surface area contributed by atoms with E-state index < -0.39 is 0 Å². The van der Waals surface area contributed by atoms with Crippen LogP contribution in [0.2, 0.25) is 5.02 Å². The Balaban J connectivity index is 1.28. The van der Waals surface area contributed by atoms with Gasteiger partial charge in [0.2, 0.25) is 5.91 Å². The van der Waals surface area contributed by atoms with E-state index in [0.29, 0.717) is 30.3 Å². The Morgan fingerprint density at radius 1 is 1.19 bits per heavy atom. The van der Waals surface area contributed by atoms with Crippen molar-refractivity contribution in [1.29, 1.82) is 0 Å². The summed E-state index contributed by atoms with van der Waals surface area (Å²) in [5.74, 6) is 0.0689. The van der Waals surface area contributed by atoms with Gasteiger partial charge in [0.05, 0.1) is 0 Å². The fourth-order valence-corrected chi connectivity index (χ4v) is 3.91. The largest absolute Gasteiger partial charge is 0.352 e. The highest BCUT2D eigenvalue weighted by molar-refractivity contribution is 6.30. The van der Waals surface area contributed by atoms with Crippen LogP contribution < -0.4 is 10.6 Å². The van der Waals surface area contributed by atoms with Gasteiger partial charge in [-0.15, -0.1) is 0 Å². The molecule has 1 aromatic carbocycles. The van der Waals surface area contributed by atoms with Crippen molar-refractivity contribution >= 4 is 29.2 Å². The zero-order valence-electron chi connectivity index (χ0n) is 14.8. The highest BCUT2D eigenvalue weighted by Crippen LogP contribution is 2.58. The molecular weight excluding hydrogens is 364 g/mol. The highest BCUT2D eigenvalue weighted by atomic mass is 35.5. The fourth-order valence-electron chi connectivity index (χ4n) is 3.79. The second-order valence-electron chi connectivity index (χ2n) is 7.30. The Kier molecular flexibility index (Phi) is 4.74. The maximum atomic E-state index is 12.5. The molecule has 1 saturated heterocycles. The predicted octanol–water partition coefficient (Wildman–Crippen LogP) is 3.30. The van der Waals surface area contributed by atoms with Crippen molar-refractivity contribution in [3.8, 4) is 0 Å². The molecule has 7 heteroatoms. The molecule has 1 spiro atoms. The minimum absolute atomic E-state index is 0.00679. The molecule has 1 aliphatic heterocycles. The van der Waals surface area contributed by atoms with Crippen molar-refractivity contribution in [3.05, 3.63) is 59.4 Å². The normalized spacial score (nSPS) is 23.3. The minimum Gasteiger partial charge on any atom is -0.352 e. The molecule has 4 rings (SSSR count). The van der Waals surface area contributed by atoms with Gasteiger partial charge in [-0.2, -0.15) is 0 Å². The van der Waals surface area contributed by atoms with Gasteiger partial charge in [-0.05, 0) is 54.8 Å². The number of anilines is 1. The Morgan fingerprint density at radius 2 is 1.93 bits per heavy atom. The average molecular weight is 385 g/mol. The molecule has 1 aromatic heterocycles. The zero-order chi connectivity index (χ0) is 18.9. The number of carbonyl (C=O) groups excluding carboxylic acids is 2. The van der Waals surface area contributed by atoms with E-state index in [1.165, 1.54) is 0 Å². The third-order valence-corrected chi connectivity index (χ3v) is 5.74. The van der Waals surface area contributed by atoms with E-state index in [2.05, 4.69) is 15.6 Å². The second-order valence-corrected chi connectivity index (χ2v) is 7.74. The van der Waals surface area contributed by atoms with Gasteiger partial charge in [-0.3, -0.25) is 9.78 Å². The molecule has 6 nitrogen and oxygen atoms in total. The number of hydrogen-bond donors (Lipinski definition) is 2. The van der Waals surface area contributed by atoms with E-state index in [9.17, 15) is 9.59 Å². The number of nitrogens with one attached hydrogen (secondary N) is 2. The first-order valence-electron chi connectivity index (χ1n) is 9.04. The van der Waals surface area contributed by atoms with E-state index >= 15 is 0 Å². The molecule has 27 heavy (non-hydrogen) atoms. The van der Waals surface area contributed by atoms with E-state index in [0.717, 1.165) is 18.4 Å². The van der Waals surface area contributed by atoms with Gasteiger partial charge in [-0.25, -0.2) is 4.79 Å². The molecule has 2 fully saturated rings. The Morgan fingerprint density at radius 3 is 2.67 bits per heavy atom. The van der Waals surface area contributed by atoms with Crippen LogP contribution in [0.15, 0.2) is 48.8 Å². The first-order chi connectivity index (χ1) is 13.1. The molecule has 3 amide bonds. The standard InChI is InChI=1S/C20H21ClN4O2/c21-15-1-3-16(4-2-15)24-19(27)25-10-7-20(13-25)11-17(20)18(26)23-12-14-5-8-22-9-6-14/h1-6,8-9,17H,7,10-13H2,(H,23,26)(H,24,27)/t17-,20-/m0/s1. The summed E-state index contributed by atoms with van der Waals surface area (Å²) in [5, 5.41) is 6.52. The van der Waals surface area contributed by atoms with E-state index in [4.69, 9.17) is 11.6 Å². The number of carbonyl (C=O) groups is 2. The molecule has 2 N–H and O–H groups in total. The monoisotopic (exact) mass is 384 g/mol. The smallest absolute Gasteiger partial charge is 0.321 e. The van der Waals surface area contributed by atoms with Crippen LogP contribution in [0.5, 0.6) is 0 Å². The number of halogens is 1. The van der Waals surface area contributed by atoms with Crippen LogP contribution in [0.1, 0.15) is 18.4 Å². The van der Waals surface area contributed by atoms with Gasteiger partial charge >= 0.3 is 6.03 Å². The fraction of sp³-hybridized carbons (Fsp3) is 0.350. The molecule has 0 unspecified atom stereocenters. The topological polar surface area (TPSA) is 74.3 Å². The van der Waals surface area contributed by atoms with Crippen LogP contribution in [0.4, 0.5) is 10.5 Å². The molecule has 0 radical (unpaired) electrons. The van der Waals surface area contributed by atoms with Crippen LogP contribution in [0.3, 0.4) is 0 Å². The number of nitrogens with zero attached hydrogens (tertiary/aromatic N) is 2. The van der Waals surface area contributed by atoms with E-state index in [1.807, 2.05) is 12.1 Å². The number of rotatable bonds is 4. The molecule has 0 bridgehead atoms. The molecule has 2 heterocycles. The highest BCUT2D eigenvalue weighted by Gasteiger charge is 2.61. The number of aromatic nitrogens is 1. The van der Waals surface area contributed by atoms with E-state index in [-0.39, 0.29) is 23.3 Å². The van der Waals surface area contributed by atoms with Gasteiger partial charge in [0, 0.05) is 54.1 Å². The van der Waals surface area contributed by atoms with Crippen molar-refractivity contribution in [3.63, 3.8) is 0 Å². The van der Waals surface area contributed by atoms with Crippen molar-refractivity contribution in [2.45, 2.75) is 19.4 Å². The quantitative estimate of drug-likeness (QED) is 0.849. The maximum absolute atomic E-state index is 12.5. The molecule has 1 saturated carbocycles. The number of hydrogen-bond acceptors (Lipinski definition) is 3. The SMILES string of the molecule is O=C(NCc1ccncc1)[C@@H]1C[C@]12CCN(C(=O)Nc1ccc(Cl)cc1)C2. The Labute approximate surface area is 162 Å². The summed E-state index contributed by atoms with van der Waals surface area (Å²) in [4.78, 5) is 30.7. The minimum atomic E-state index is -0.128. The summed E-state index contributed by atoms with van der Waals surface area (Å²) in [6.07, 6.45) is 5.15. The first-order valence-corrected chi connectivity index (χ1v) is 9.42. The molecule has 2 aromatic rings. The summed E-state index contributed by atoms with van der Waals surface area (Å²) in [7, 11) is 0. The number of likely N-dealkylation sites (tertiary alicyclic amines) is 1. The third-order valence-electron chi connectivity index (χ3n) is 5.49. The number of urea groups is 1. The van der Waals surface area contributed by atoms with Crippen molar-refractivity contribution in [2.75, 3.05) is 18.4 Å². The third kappa shape index (κ3) is 3.90. The van der Waals surface area contributed by atoms with Gasteiger partial charge in [0.1, 0.15) is 0 Å². The summed E-state index contributed by atoms with van der Waals surface area (Å²) in [5.41, 5.74) is 1.69. The molecule has 140 valence electrons. The number of pyridine rings is 1. The average Bonchev–Trinajstić information content (AvgIpc) is 3.22. The van der Waals surface area contributed by atoms with Crippen LogP contribution in [-0.4, -0.2) is 34.9 Å². The molecule has 1 aliphatic carbocycles. The lowest BCUT2D eigenvalue weighted by Gasteiger charge is -2.17. The summed E-state index contributed by atoms with van der Waals surface area (Å²) in [6, 6.07) is 10.7. The predicted molar refractivity (Wildman–Crippen MR) is 103 cm³/mol. The maximum Gasteiger partial charge on any atom is 0.321 e. The molecule has 2 aliphatic rings. The Hall–Kier alpha value is -2.60. The number of benzene rings is 1. The van der Waals surface area contributed by atoms with Gasteiger partial charge < -0.3 is 15.5 Å². The molecular formula is C20H21ClN4O2. The van der Waals surface area contributed by atoms with Crippen LogP contribution in [0, 0.1) is 11.3 Å². The lowest BCUT2D eigenvalue weighted by Crippen LogP contribution is -2.34. The summed E-state index contributed by atoms with van der Waals surface area (Å²) < 4.78 is 0. The number of amides is 3. The zero-order valence-corrected chi connectivity index (χ0v) is 15.6. The van der Waals surface area contributed by atoms with Gasteiger partial charge in [0.15, 0.2) is 0 Å². The van der Waals surface area contributed by atoms with Gasteiger partial charge in [-0.1, -0.05) is 11.6 Å². The van der Waals surface area contributed by atoms with Crippen LogP contribution in [-0.2, 0) is 11.3 Å². The van der Waals surface area contributed by atoms with Crippen molar-refractivity contribution in [1.82, 2.24) is 15.2 Å². The van der Waals surface area contributed by atoms with E-state index in [1.54, 1.807) is 41.6 Å². The van der Waals surface area contributed by atoms with Crippen LogP contribution >= 0.6 is 11.6 Å².